The molecule has 1 aliphatic carbocycles. The van der Waals surface area contributed by atoms with Crippen LogP contribution < -0.4 is 4.90 Å². The molecule has 0 bridgehead atoms. The fourth-order valence-corrected chi connectivity index (χ4v) is 7.82. The lowest BCUT2D eigenvalue weighted by Crippen LogP contribution is -2.33. The molecule has 0 amide bonds. The van der Waals surface area contributed by atoms with Gasteiger partial charge in [-0.1, -0.05) is 167 Å². The van der Waals surface area contributed by atoms with E-state index in [2.05, 4.69) is 209 Å². The van der Waals surface area contributed by atoms with E-state index in [1.54, 1.807) is 0 Å². The molecular formula is C50H45N. The van der Waals surface area contributed by atoms with Gasteiger partial charge in [0.15, 0.2) is 0 Å². The van der Waals surface area contributed by atoms with Gasteiger partial charge in [0.2, 0.25) is 0 Å². The average Bonchev–Trinajstić information content (AvgIpc) is 3.18. The molecule has 7 aromatic rings. The third kappa shape index (κ3) is 6.41. The summed E-state index contributed by atoms with van der Waals surface area (Å²) in [5, 5.41) is 0. The molecule has 0 fully saturated rings. The lowest BCUT2D eigenvalue weighted by Gasteiger charge is -2.42. The molecule has 0 saturated heterocycles. The van der Waals surface area contributed by atoms with E-state index in [9.17, 15) is 0 Å². The van der Waals surface area contributed by atoms with Crippen molar-refractivity contribution >= 4 is 17.1 Å². The van der Waals surface area contributed by atoms with Crippen LogP contribution in [0.5, 0.6) is 0 Å². The largest absolute Gasteiger partial charge is 0.310 e. The minimum Gasteiger partial charge on any atom is -0.310 e. The molecule has 1 aliphatic rings. The molecule has 0 radical (unpaired) electrons. The van der Waals surface area contributed by atoms with E-state index in [0.29, 0.717) is 0 Å². The van der Waals surface area contributed by atoms with Crippen molar-refractivity contribution in [2.24, 2.45) is 0 Å². The van der Waals surface area contributed by atoms with E-state index >= 15 is 0 Å². The van der Waals surface area contributed by atoms with Gasteiger partial charge in [0, 0.05) is 16.9 Å². The molecule has 7 aromatic carbocycles. The molecule has 1 nitrogen and oxygen atoms in total. The molecule has 0 atom stereocenters. The Morgan fingerprint density at radius 3 is 1.29 bits per heavy atom. The van der Waals surface area contributed by atoms with E-state index in [-0.39, 0.29) is 10.8 Å². The van der Waals surface area contributed by atoms with Gasteiger partial charge in [0.25, 0.3) is 0 Å². The Morgan fingerprint density at radius 1 is 0.353 bits per heavy atom. The van der Waals surface area contributed by atoms with Crippen molar-refractivity contribution in [3.8, 4) is 44.5 Å². The van der Waals surface area contributed by atoms with Crippen LogP contribution in [0.1, 0.15) is 51.7 Å². The van der Waals surface area contributed by atoms with Crippen LogP contribution in [0, 0.1) is 0 Å². The van der Waals surface area contributed by atoms with Crippen LogP contribution in [0.2, 0.25) is 0 Å². The van der Waals surface area contributed by atoms with Gasteiger partial charge in [0.05, 0.1) is 5.69 Å². The van der Waals surface area contributed by atoms with Gasteiger partial charge in [-0.25, -0.2) is 0 Å². The van der Waals surface area contributed by atoms with Gasteiger partial charge in [-0.2, -0.15) is 0 Å². The number of anilines is 3. The first-order valence-electron chi connectivity index (χ1n) is 18.2. The highest BCUT2D eigenvalue weighted by Crippen LogP contribution is 2.47. The van der Waals surface area contributed by atoms with Crippen molar-refractivity contribution in [1.29, 1.82) is 0 Å². The Kier molecular flexibility index (Phi) is 8.44. The summed E-state index contributed by atoms with van der Waals surface area (Å²) in [6.07, 6.45) is 2.43. The second-order valence-corrected chi connectivity index (χ2v) is 15.3. The summed E-state index contributed by atoms with van der Waals surface area (Å²) < 4.78 is 0. The van der Waals surface area contributed by atoms with Crippen LogP contribution in [0.15, 0.2) is 176 Å². The predicted octanol–water partition coefficient (Wildman–Crippen LogP) is 14.2. The standard InChI is InChI=1S/C50H45N/c1-49(2)32-33-50(3,4)47-35-42(24-30-46(47)49)39-22-28-44(29-23-39)51(43-26-20-38(21-27-43)36-14-8-5-9-15-36)48-31-25-41(37-16-10-6-11-17-37)34-45(48)40-18-12-7-13-19-40/h5-31,34-35H,32-33H2,1-4H3. The molecule has 51 heavy (non-hydrogen) atoms. The first-order chi connectivity index (χ1) is 24.8. The molecule has 8 rings (SSSR count). The number of benzene rings is 7. The Morgan fingerprint density at radius 2 is 0.745 bits per heavy atom. The van der Waals surface area contributed by atoms with E-state index in [4.69, 9.17) is 0 Å². The van der Waals surface area contributed by atoms with Crippen LogP contribution in [0.4, 0.5) is 17.1 Å². The molecule has 1 heteroatoms. The minimum atomic E-state index is 0.170. The summed E-state index contributed by atoms with van der Waals surface area (Å²) in [5.74, 6) is 0. The molecule has 250 valence electrons. The molecule has 0 aromatic heterocycles. The van der Waals surface area contributed by atoms with Crippen molar-refractivity contribution in [1.82, 2.24) is 0 Å². The Labute approximate surface area is 303 Å². The van der Waals surface area contributed by atoms with Crippen molar-refractivity contribution in [2.45, 2.75) is 51.4 Å². The zero-order chi connectivity index (χ0) is 35.0. The van der Waals surface area contributed by atoms with E-state index in [1.807, 2.05) is 0 Å². The molecular weight excluding hydrogens is 615 g/mol. The lowest BCUT2D eigenvalue weighted by molar-refractivity contribution is 0.332. The van der Waals surface area contributed by atoms with Crippen LogP contribution in [-0.4, -0.2) is 0 Å². The highest BCUT2D eigenvalue weighted by atomic mass is 15.1. The van der Waals surface area contributed by atoms with Crippen LogP contribution >= 0.6 is 0 Å². The molecule has 0 spiro atoms. The summed E-state index contributed by atoms with van der Waals surface area (Å²) in [7, 11) is 0. The predicted molar refractivity (Wildman–Crippen MR) is 218 cm³/mol. The summed E-state index contributed by atoms with van der Waals surface area (Å²) in [4.78, 5) is 2.41. The van der Waals surface area contributed by atoms with Crippen molar-refractivity contribution in [3.63, 3.8) is 0 Å². The van der Waals surface area contributed by atoms with Gasteiger partial charge >= 0.3 is 0 Å². The molecule has 0 heterocycles. The summed E-state index contributed by atoms with van der Waals surface area (Å²) in [6, 6.07) is 64.3. The summed E-state index contributed by atoms with van der Waals surface area (Å²) >= 11 is 0. The smallest absolute Gasteiger partial charge is 0.0540 e. The number of hydrogen-bond acceptors (Lipinski definition) is 1. The number of nitrogens with zero attached hydrogens (tertiary/aromatic N) is 1. The normalized spacial score (nSPS) is 14.4. The van der Waals surface area contributed by atoms with E-state index in [1.165, 1.54) is 68.5 Å². The number of rotatable bonds is 7. The topological polar surface area (TPSA) is 3.24 Å². The SMILES string of the molecule is CC1(C)CCC(C)(C)c2cc(-c3ccc(N(c4ccc(-c5ccccc5)cc4)c4ccc(-c5ccccc5)cc4-c4ccccc4)cc3)ccc21. The second-order valence-electron chi connectivity index (χ2n) is 15.3. The number of hydrogen-bond donors (Lipinski definition) is 0. The van der Waals surface area contributed by atoms with Crippen molar-refractivity contribution < 1.29 is 0 Å². The van der Waals surface area contributed by atoms with Crippen LogP contribution in [0.3, 0.4) is 0 Å². The average molecular weight is 660 g/mol. The lowest BCUT2D eigenvalue weighted by atomic mass is 9.63. The molecule has 0 N–H and O–H groups in total. The Balaban J connectivity index is 1.25. The second kappa shape index (κ2) is 13.2. The van der Waals surface area contributed by atoms with Gasteiger partial charge in [-0.3, -0.25) is 0 Å². The van der Waals surface area contributed by atoms with E-state index < -0.39 is 0 Å². The highest BCUT2D eigenvalue weighted by Gasteiger charge is 2.37. The van der Waals surface area contributed by atoms with Crippen LogP contribution in [0.25, 0.3) is 44.5 Å². The fraction of sp³-hybridized carbons (Fsp3) is 0.160. The molecule has 0 saturated carbocycles. The maximum absolute atomic E-state index is 2.46. The molecule has 0 aliphatic heterocycles. The first kappa shape index (κ1) is 32.5. The van der Waals surface area contributed by atoms with Gasteiger partial charge in [-0.15, -0.1) is 0 Å². The summed E-state index contributed by atoms with van der Waals surface area (Å²) in [6.45, 7) is 9.60. The van der Waals surface area contributed by atoms with Gasteiger partial charge in [-0.05, 0) is 110 Å². The van der Waals surface area contributed by atoms with Crippen molar-refractivity contribution in [3.05, 3.63) is 187 Å². The quantitative estimate of drug-likeness (QED) is 0.165. The fourth-order valence-electron chi connectivity index (χ4n) is 7.82. The first-order valence-corrected chi connectivity index (χ1v) is 18.2. The molecule has 0 unspecified atom stereocenters. The third-order valence-corrected chi connectivity index (χ3v) is 11.0. The van der Waals surface area contributed by atoms with Crippen LogP contribution in [-0.2, 0) is 10.8 Å². The van der Waals surface area contributed by atoms with Crippen molar-refractivity contribution in [2.75, 3.05) is 4.90 Å². The zero-order valence-electron chi connectivity index (χ0n) is 30.1. The van der Waals surface area contributed by atoms with E-state index in [0.717, 1.165) is 17.1 Å². The minimum absolute atomic E-state index is 0.170. The Hall–Kier alpha value is -5.66. The number of fused-ring (bicyclic) bond motifs is 1. The maximum Gasteiger partial charge on any atom is 0.0540 e. The Bertz CT molecular complexity index is 2260. The summed E-state index contributed by atoms with van der Waals surface area (Å²) in [5.41, 5.74) is 16.5. The maximum atomic E-state index is 2.46. The third-order valence-electron chi connectivity index (χ3n) is 11.0. The zero-order valence-corrected chi connectivity index (χ0v) is 30.1. The van der Waals surface area contributed by atoms with Gasteiger partial charge in [0.1, 0.15) is 0 Å². The van der Waals surface area contributed by atoms with Gasteiger partial charge < -0.3 is 4.90 Å². The highest BCUT2D eigenvalue weighted by molar-refractivity contribution is 5.91. The monoisotopic (exact) mass is 659 g/mol.